The predicted octanol–water partition coefficient (Wildman–Crippen LogP) is 2.55. The van der Waals surface area contributed by atoms with E-state index in [2.05, 4.69) is 4.90 Å². The third-order valence-corrected chi connectivity index (χ3v) is 5.89. The van der Waals surface area contributed by atoms with E-state index in [1.165, 1.54) is 0 Å². The third-order valence-electron chi connectivity index (χ3n) is 5.89. The number of hydrogen-bond acceptors (Lipinski definition) is 5. The molecule has 2 fully saturated rings. The van der Waals surface area contributed by atoms with Gasteiger partial charge in [-0.25, -0.2) is 4.79 Å². The number of carboxylic acid groups (broad SMARTS) is 1. The summed E-state index contributed by atoms with van der Waals surface area (Å²) < 4.78 is 17.0. The average molecular weight is 349 g/mol. The SMILES string of the molecule is COc1ccc(C(=O)O)cc1CN1CC[C@]2(OC)CCC(OC)CC12. The van der Waals surface area contributed by atoms with E-state index in [1.54, 1.807) is 39.5 Å². The second-order valence-electron chi connectivity index (χ2n) is 6.97. The first kappa shape index (κ1) is 18.2. The van der Waals surface area contributed by atoms with Gasteiger partial charge in [-0.1, -0.05) is 0 Å². The molecule has 1 aliphatic heterocycles. The molecule has 25 heavy (non-hydrogen) atoms. The van der Waals surface area contributed by atoms with Crippen LogP contribution in [0.3, 0.4) is 0 Å². The first-order valence-electron chi connectivity index (χ1n) is 8.75. The largest absolute Gasteiger partial charge is 0.496 e. The van der Waals surface area contributed by atoms with E-state index < -0.39 is 5.97 Å². The normalized spacial score (nSPS) is 29.4. The van der Waals surface area contributed by atoms with Crippen LogP contribution >= 0.6 is 0 Å². The average Bonchev–Trinajstić information content (AvgIpc) is 2.99. The van der Waals surface area contributed by atoms with Crippen molar-refractivity contribution < 1.29 is 24.1 Å². The van der Waals surface area contributed by atoms with Crippen LogP contribution in [0.1, 0.15) is 41.6 Å². The predicted molar refractivity (Wildman–Crippen MR) is 93.2 cm³/mol. The molecule has 2 aliphatic rings. The smallest absolute Gasteiger partial charge is 0.335 e. The van der Waals surface area contributed by atoms with Crippen molar-refractivity contribution in [2.75, 3.05) is 27.9 Å². The number of aromatic carboxylic acids is 1. The van der Waals surface area contributed by atoms with Gasteiger partial charge < -0.3 is 19.3 Å². The number of rotatable bonds is 6. The Morgan fingerprint density at radius 3 is 2.76 bits per heavy atom. The minimum absolute atomic E-state index is 0.118. The third kappa shape index (κ3) is 3.38. The van der Waals surface area contributed by atoms with E-state index in [4.69, 9.17) is 14.2 Å². The Balaban J connectivity index is 1.85. The summed E-state index contributed by atoms with van der Waals surface area (Å²) in [5.74, 6) is -0.201. The first-order valence-corrected chi connectivity index (χ1v) is 8.75. The summed E-state index contributed by atoms with van der Waals surface area (Å²) >= 11 is 0. The lowest BCUT2D eigenvalue weighted by atomic mass is 9.79. The molecule has 138 valence electrons. The zero-order chi connectivity index (χ0) is 18.0. The van der Waals surface area contributed by atoms with Crippen molar-refractivity contribution in [1.29, 1.82) is 0 Å². The van der Waals surface area contributed by atoms with E-state index in [0.717, 1.165) is 43.5 Å². The molecular weight excluding hydrogens is 322 g/mol. The van der Waals surface area contributed by atoms with Crippen molar-refractivity contribution in [2.45, 2.75) is 50.0 Å². The Morgan fingerprint density at radius 2 is 2.12 bits per heavy atom. The van der Waals surface area contributed by atoms with Crippen molar-refractivity contribution in [2.24, 2.45) is 0 Å². The van der Waals surface area contributed by atoms with Crippen LogP contribution in [-0.4, -0.2) is 61.6 Å². The molecule has 1 aliphatic carbocycles. The van der Waals surface area contributed by atoms with Crippen LogP contribution in [-0.2, 0) is 16.0 Å². The zero-order valence-corrected chi connectivity index (χ0v) is 15.2. The summed E-state index contributed by atoms with van der Waals surface area (Å²) in [6.45, 7) is 1.58. The quantitative estimate of drug-likeness (QED) is 0.851. The summed E-state index contributed by atoms with van der Waals surface area (Å²) in [7, 11) is 5.18. The van der Waals surface area contributed by atoms with Gasteiger partial charge >= 0.3 is 5.97 Å². The highest BCUT2D eigenvalue weighted by atomic mass is 16.5. The number of ether oxygens (including phenoxy) is 3. The maximum Gasteiger partial charge on any atom is 0.335 e. The first-order chi connectivity index (χ1) is 12.0. The number of likely N-dealkylation sites (tertiary alicyclic amines) is 1. The molecule has 6 heteroatoms. The molecule has 1 saturated carbocycles. The lowest BCUT2D eigenvalue weighted by Gasteiger charge is -2.43. The molecule has 1 saturated heterocycles. The fraction of sp³-hybridized carbons (Fsp3) is 0.632. The monoisotopic (exact) mass is 349 g/mol. The molecule has 0 radical (unpaired) electrons. The van der Waals surface area contributed by atoms with E-state index >= 15 is 0 Å². The Kier molecular flexibility index (Phi) is 5.32. The van der Waals surface area contributed by atoms with Crippen LogP contribution in [0.15, 0.2) is 18.2 Å². The van der Waals surface area contributed by atoms with Crippen molar-refractivity contribution in [3.05, 3.63) is 29.3 Å². The van der Waals surface area contributed by atoms with Crippen molar-refractivity contribution in [3.63, 3.8) is 0 Å². The fourth-order valence-electron chi connectivity index (χ4n) is 4.41. The molecule has 0 aromatic heterocycles. The molecule has 2 unspecified atom stereocenters. The van der Waals surface area contributed by atoms with E-state index in [-0.39, 0.29) is 23.3 Å². The van der Waals surface area contributed by atoms with Crippen LogP contribution < -0.4 is 4.74 Å². The molecule has 1 aromatic rings. The summed E-state index contributed by atoms with van der Waals surface area (Å²) in [5, 5.41) is 9.28. The van der Waals surface area contributed by atoms with Gasteiger partial charge in [0.05, 0.1) is 24.4 Å². The topological polar surface area (TPSA) is 68.2 Å². The lowest BCUT2D eigenvalue weighted by molar-refractivity contribution is -0.0947. The van der Waals surface area contributed by atoms with Crippen molar-refractivity contribution in [1.82, 2.24) is 4.90 Å². The van der Waals surface area contributed by atoms with Gasteiger partial charge in [-0.2, -0.15) is 0 Å². The summed E-state index contributed by atoms with van der Waals surface area (Å²) in [6, 6.07) is 5.30. The lowest BCUT2D eigenvalue weighted by Crippen LogP contribution is -2.51. The van der Waals surface area contributed by atoms with Crippen LogP contribution in [0.2, 0.25) is 0 Å². The maximum atomic E-state index is 11.3. The second kappa shape index (κ2) is 7.32. The molecule has 0 amide bonds. The van der Waals surface area contributed by atoms with Gasteiger partial charge in [0.25, 0.3) is 0 Å². The number of fused-ring (bicyclic) bond motifs is 1. The molecule has 3 rings (SSSR count). The minimum Gasteiger partial charge on any atom is -0.496 e. The highest BCUT2D eigenvalue weighted by molar-refractivity contribution is 5.88. The summed E-state index contributed by atoms with van der Waals surface area (Å²) in [6.07, 6.45) is 4.19. The Hall–Kier alpha value is -1.63. The van der Waals surface area contributed by atoms with E-state index in [0.29, 0.717) is 6.54 Å². The van der Waals surface area contributed by atoms with Gasteiger partial charge in [0.1, 0.15) is 5.75 Å². The van der Waals surface area contributed by atoms with Gasteiger partial charge in [-0.3, -0.25) is 4.90 Å². The molecule has 6 nitrogen and oxygen atoms in total. The van der Waals surface area contributed by atoms with Crippen molar-refractivity contribution in [3.8, 4) is 5.75 Å². The Bertz CT molecular complexity index is 634. The van der Waals surface area contributed by atoms with Crippen LogP contribution in [0.5, 0.6) is 5.75 Å². The van der Waals surface area contributed by atoms with Gasteiger partial charge in [0.15, 0.2) is 0 Å². The molecule has 0 spiro atoms. The number of carbonyl (C=O) groups is 1. The highest BCUT2D eigenvalue weighted by Crippen LogP contribution is 2.44. The van der Waals surface area contributed by atoms with Crippen LogP contribution in [0.4, 0.5) is 0 Å². The highest BCUT2D eigenvalue weighted by Gasteiger charge is 2.51. The number of hydrogen-bond donors (Lipinski definition) is 1. The van der Waals surface area contributed by atoms with Gasteiger partial charge in [-0.15, -0.1) is 0 Å². The summed E-state index contributed by atoms with van der Waals surface area (Å²) in [4.78, 5) is 13.7. The van der Waals surface area contributed by atoms with Crippen LogP contribution in [0.25, 0.3) is 0 Å². The van der Waals surface area contributed by atoms with Crippen LogP contribution in [0, 0.1) is 0 Å². The molecule has 0 bridgehead atoms. The molecule has 1 aromatic carbocycles. The second-order valence-corrected chi connectivity index (χ2v) is 6.97. The zero-order valence-electron chi connectivity index (χ0n) is 15.2. The number of methoxy groups -OCH3 is 3. The Morgan fingerprint density at radius 1 is 1.32 bits per heavy atom. The standard InChI is InChI=1S/C19H27NO5/c1-23-15-6-7-19(25-3)8-9-20(17(19)11-15)12-14-10-13(18(21)22)4-5-16(14)24-2/h4-5,10,15,17H,6-9,11-12H2,1-3H3,(H,21,22)/t15?,17?,19-/m1/s1. The number of nitrogens with zero attached hydrogens (tertiary/aromatic N) is 1. The molecule has 1 heterocycles. The maximum absolute atomic E-state index is 11.3. The molecule has 1 N–H and O–H groups in total. The van der Waals surface area contributed by atoms with Gasteiger partial charge in [-0.05, 0) is 43.9 Å². The summed E-state index contributed by atoms with van der Waals surface area (Å²) in [5.41, 5.74) is 1.06. The van der Waals surface area contributed by atoms with Gasteiger partial charge in [0.2, 0.25) is 0 Å². The Labute approximate surface area is 148 Å². The number of benzene rings is 1. The molecule has 3 atom stereocenters. The molecular formula is C19H27NO5. The number of carboxylic acids is 1. The fourth-order valence-corrected chi connectivity index (χ4v) is 4.41. The van der Waals surface area contributed by atoms with E-state index in [9.17, 15) is 9.90 Å². The van der Waals surface area contributed by atoms with Crippen molar-refractivity contribution >= 4 is 5.97 Å². The minimum atomic E-state index is -0.923. The van der Waals surface area contributed by atoms with Gasteiger partial charge in [0, 0.05) is 38.9 Å². The van der Waals surface area contributed by atoms with E-state index in [1.807, 2.05) is 0 Å².